The van der Waals surface area contributed by atoms with Crippen molar-refractivity contribution in [1.29, 1.82) is 5.26 Å². The van der Waals surface area contributed by atoms with Gasteiger partial charge in [0, 0.05) is 13.1 Å². The molecular weight excluding hydrogens is 212 g/mol. The molecule has 0 aromatic carbocycles. The summed E-state index contributed by atoms with van der Waals surface area (Å²) in [4.78, 5) is 0. The molecule has 0 atom stereocenters. The zero-order valence-corrected chi connectivity index (χ0v) is 10.2. The lowest BCUT2D eigenvalue weighted by molar-refractivity contribution is 0.315. The fraction of sp³-hybridized carbons (Fsp3) is 0.900. The second-order valence-corrected chi connectivity index (χ2v) is 6.80. The highest BCUT2D eigenvalue weighted by molar-refractivity contribution is 7.89. The Kier molecular flexibility index (Phi) is 3.74. The minimum absolute atomic E-state index is 0.219. The summed E-state index contributed by atoms with van der Waals surface area (Å²) >= 11 is 0. The summed E-state index contributed by atoms with van der Waals surface area (Å²) in [5.41, 5.74) is 0.219. The topological polar surface area (TPSA) is 61.2 Å². The standard InChI is InChI=1S/C10H18N2O2S/c1-10(2)4-3-7-12(8-5-10)15(13,14)9-6-11/h3-5,7-9H2,1-2H3. The molecule has 1 saturated heterocycles. The zero-order chi connectivity index (χ0) is 11.5. The Labute approximate surface area is 91.9 Å². The number of hydrogen-bond acceptors (Lipinski definition) is 3. The number of nitrogens with zero attached hydrogens (tertiary/aromatic N) is 2. The molecule has 86 valence electrons. The molecule has 0 unspecified atom stereocenters. The van der Waals surface area contributed by atoms with Crippen molar-refractivity contribution in [1.82, 2.24) is 4.31 Å². The predicted molar refractivity (Wildman–Crippen MR) is 58.6 cm³/mol. The van der Waals surface area contributed by atoms with E-state index in [4.69, 9.17) is 5.26 Å². The average Bonchev–Trinajstić information content (AvgIpc) is 2.26. The highest BCUT2D eigenvalue weighted by Crippen LogP contribution is 2.30. The fourth-order valence-electron chi connectivity index (χ4n) is 1.85. The summed E-state index contributed by atoms with van der Waals surface area (Å²) < 4.78 is 24.8. The highest BCUT2D eigenvalue weighted by atomic mass is 32.2. The van der Waals surface area contributed by atoms with Gasteiger partial charge in [-0.05, 0) is 24.7 Å². The minimum atomic E-state index is -3.33. The van der Waals surface area contributed by atoms with Crippen molar-refractivity contribution in [3.8, 4) is 6.07 Å². The average molecular weight is 230 g/mol. The molecule has 1 rings (SSSR count). The lowest BCUT2D eigenvalue weighted by Gasteiger charge is -2.22. The molecule has 1 aliphatic rings. The van der Waals surface area contributed by atoms with Gasteiger partial charge in [-0.25, -0.2) is 12.7 Å². The van der Waals surface area contributed by atoms with E-state index in [1.165, 1.54) is 4.31 Å². The largest absolute Gasteiger partial charge is 0.227 e. The van der Waals surface area contributed by atoms with E-state index in [9.17, 15) is 8.42 Å². The van der Waals surface area contributed by atoms with Crippen LogP contribution < -0.4 is 0 Å². The fourth-order valence-corrected chi connectivity index (χ4v) is 2.97. The molecule has 1 aliphatic heterocycles. The van der Waals surface area contributed by atoms with Gasteiger partial charge in [-0.3, -0.25) is 0 Å². The molecule has 0 aromatic rings. The third-order valence-corrected chi connectivity index (χ3v) is 4.59. The highest BCUT2D eigenvalue weighted by Gasteiger charge is 2.28. The van der Waals surface area contributed by atoms with E-state index in [2.05, 4.69) is 13.8 Å². The van der Waals surface area contributed by atoms with E-state index in [0.717, 1.165) is 19.3 Å². The minimum Gasteiger partial charge on any atom is -0.211 e. The molecular formula is C10H18N2O2S. The van der Waals surface area contributed by atoms with Crippen LogP contribution in [0.4, 0.5) is 0 Å². The SMILES string of the molecule is CC1(C)CCCN(S(=O)(=O)CC#N)CC1. The summed E-state index contributed by atoms with van der Waals surface area (Å²) in [6.45, 7) is 5.44. The molecule has 0 bridgehead atoms. The Balaban J connectivity index is 2.71. The first-order chi connectivity index (χ1) is 6.87. The van der Waals surface area contributed by atoms with Gasteiger partial charge in [0.25, 0.3) is 0 Å². The summed E-state index contributed by atoms with van der Waals surface area (Å²) in [7, 11) is -3.33. The quantitative estimate of drug-likeness (QED) is 0.719. The zero-order valence-electron chi connectivity index (χ0n) is 9.36. The summed E-state index contributed by atoms with van der Waals surface area (Å²) in [6.07, 6.45) is 2.81. The van der Waals surface area contributed by atoms with Crippen LogP contribution in [-0.2, 0) is 10.0 Å². The van der Waals surface area contributed by atoms with E-state index < -0.39 is 15.8 Å². The van der Waals surface area contributed by atoms with Crippen molar-refractivity contribution in [2.24, 2.45) is 5.41 Å². The molecule has 0 N–H and O–H groups in total. The van der Waals surface area contributed by atoms with Crippen LogP contribution in [0.1, 0.15) is 33.1 Å². The first-order valence-electron chi connectivity index (χ1n) is 5.22. The maximum atomic E-state index is 11.7. The van der Waals surface area contributed by atoms with Crippen LogP contribution in [0, 0.1) is 16.7 Å². The Hall–Kier alpha value is -0.600. The summed E-state index contributed by atoms with van der Waals surface area (Å²) in [5.74, 6) is -0.395. The van der Waals surface area contributed by atoms with Crippen molar-refractivity contribution < 1.29 is 8.42 Å². The van der Waals surface area contributed by atoms with Crippen LogP contribution in [0.25, 0.3) is 0 Å². The van der Waals surface area contributed by atoms with Crippen molar-refractivity contribution in [3.63, 3.8) is 0 Å². The lowest BCUT2D eigenvalue weighted by Crippen LogP contribution is -2.33. The smallest absolute Gasteiger partial charge is 0.211 e. The molecule has 5 heteroatoms. The van der Waals surface area contributed by atoms with Gasteiger partial charge in [0.15, 0.2) is 5.75 Å². The second-order valence-electron chi connectivity index (χ2n) is 4.83. The molecule has 0 amide bonds. The van der Waals surface area contributed by atoms with Crippen molar-refractivity contribution in [2.45, 2.75) is 33.1 Å². The first-order valence-corrected chi connectivity index (χ1v) is 6.83. The van der Waals surface area contributed by atoms with Gasteiger partial charge in [0.1, 0.15) is 0 Å². The molecule has 0 saturated carbocycles. The van der Waals surface area contributed by atoms with Gasteiger partial charge < -0.3 is 0 Å². The van der Waals surface area contributed by atoms with Crippen LogP contribution in [-0.4, -0.2) is 31.6 Å². The van der Waals surface area contributed by atoms with E-state index >= 15 is 0 Å². The monoisotopic (exact) mass is 230 g/mol. The van der Waals surface area contributed by atoms with Crippen LogP contribution in [0.5, 0.6) is 0 Å². The van der Waals surface area contributed by atoms with E-state index in [1.54, 1.807) is 6.07 Å². The van der Waals surface area contributed by atoms with Gasteiger partial charge in [-0.1, -0.05) is 13.8 Å². The molecule has 1 heterocycles. The third kappa shape index (κ3) is 3.47. The third-order valence-electron chi connectivity index (χ3n) is 2.94. The van der Waals surface area contributed by atoms with E-state index in [-0.39, 0.29) is 5.41 Å². The van der Waals surface area contributed by atoms with Gasteiger partial charge in [-0.15, -0.1) is 0 Å². The molecule has 0 spiro atoms. The van der Waals surface area contributed by atoms with Crippen molar-refractivity contribution in [2.75, 3.05) is 18.8 Å². The van der Waals surface area contributed by atoms with Crippen molar-refractivity contribution in [3.05, 3.63) is 0 Å². The number of rotatable bonds is 2. The molecule has 4 nitrogen and oxygen atoms in total. The Morgan fingerprint density at radius 1 is 1.33 bits per heavy atom. The lowest BCUT2D eigenvalue weighted by atomic mass is 9.85. The summed E-state index contributed by atoms with van der Waals surface area (Å²) in [5, 5.41) is 8.45. The maximum Gasteiger partial charge on any atom is 0.227 e. The predicted octanol–water partition coefficient (Wildman–Crippen LogP) is 1.35. The number of nitriles is 1. The molecule has 1 fully saturated rings. The van der Waals surface area contributed by atoms with Gasteiger partial charge in [-0.2, -0.15) is 5.26 Å². The first kappa shape index (κ1) is 12.5. The van der Waals surface area contributed by atoms with Gasteiger partial charge >= 0.3 is 0 Å². The molecule has 0 aliphatic carbocycles. The van der Waals surface area contributed by atoms with Crippen LogP contribution >= 0.6 is 0 Å². The number of sulfonamides is 1. The van der Waals surface area contributed by atoms with Crippen molar-refractivity contribution >= 4 is 10.0 Å². The number of hydrogen-bond donors (Lipinski definition) is 0. The van der Waals surface area contributed by atoms with Crippen LogP contribution in [0.2, 0.25) is 0 Å². The van der Waals surface area contributed by atoms with E-state index in [1.807, 2.05) is 0 Å². The van der Waals surface area contributed by atoms with Gasteiger partial charge in [0.2, 0.25) is 10.0 Å². The normalized spacial score (nSPS) is 23.0. The Bertz CT molecular complexity index is 354. The van der Waals surface area contributed by atoms with E-state index in [0.29, 0.717) is 13.1 Å². The molecule has 0 aromatic heterocycles. The van der Waals surface area contributed by atoms with Gasteiger partial charge in [0.05, 0.1) is 6.07 Å². The summed E-state index contributed by atoms with van der Waals surface area (Å²) in [6, 6.07) is 1.72. The van der Waals surface area contributed by atoms with Crippen LogP contribution in [0.15, 0.2) is 0 Å². The molecule has 0 radical (unpaired) electrons. The Morgan fingerprint density at radius 3 is 2.60 bits per heavy atom. The molecule has 15 heavy (non-hydrogen) atoms. The Morgan fingerprint density at radius 2 is 2.00 bits per heavy atom. The maximum absolute atomic E-state index is 11.7. The van der Waals surface area contributed by atoms with Crippen LogP contribution in [0.3, 0.4) is 0 Å². The second kappa shape index (κ2) is 4.50.